The Hall–Kier alpha value is -3.35. The Labute approximate surface area is 183 Å². The fourth-order valence-corrected chi connectivity index (χ4v) is 2.93. The number of benzene rings is 3. The van der Waals surface area contributed by atoms with Crippen molar-refractivity contribution in [2.24, 2.45) is 5.10 Å². The number of carbonyl (C=O) groups is 2. The lowest BCUT2D eigenvalue weighted by molar-refractivity contribution is 0.0734. The number of hydrogen-bond donors (Lipinski definition) is 1. The third-order valence-electron chi connectivity index (χ3n) is 3.95. The van der Waals surface area contributed by atoms with Crippen LogP contribution >= 0.6 is 23.2 Å². The average molecular weight is 443 g/mol. The smallest absolute Gasteiger partial charge is 0.345 e. The fourth-order valence-electron chi connectivity index (χ4n) is 2.45. The average Bonchev–Trinajstić information content (AvgIpc) is 2.74. The highest BCUT2D eigenvalue weighted by atomic mass is 35.5. The quantitative estimate of drug-likeness (QED) is 0.252. The molecule has 0 aliphatic heterocycles. The van der Waals surface area contributed by atoms with Crippen molar-refractivity contribution in [1.29, 1.82) is 0 Å². The molecule has 0 saturated heterocycles. The van der Waals surface area contributed by atoms with Gasteiger partial charge < -0.3 is 9.47 Å². The van der Waals surface area contributed by atoms with Crippen molar-refractivity contribution in [1.82, 2.24) is 5.43 Å². The van der Waals surface area contributed by atoms with E-state index in [9.17, 15) is 9.59 Å². The van der Waals surface area contributed by atoms with E-state index in [1.807, 2.05) is 0 Å². The molecular weight excluding hydrogens is 427 g/mol. The van der Waals surface area contributed by atoms with Gasteiger partial charge in [-0.05, 0) is 60.2 Å². The molecule has 3 aromatic carbocycles. The largest absolute Gasteiger partial charge is 0.497 e. The molecule has 0 unspecified atom stereocenters. The maximum Gasteiger partial charge on any atom is 0.345 e. The van der Waals surface area contributed by atoms with Crippen LogP contribution in [0.2, 0.25) is 10.0 Å². The lowest BCUT2D eigenvalue weighted by atomic mass is 10.2. The molecule has 152 valence electrons. The highest BCUT2D eigenvalue weighted by molar-refractivity contribution is 6.36. The first kappa shape index (κ1) is 21.4. The van der Waals surface area contributed by atoms with Crippen molar-refractivity contribution in [2.45, 2.75) is 0 Å². The highest BCUT2D eigenvalue weighted by Gasteiger charge is 2.13. The number of methoxy groups -OCH3 is 1. The van der Waals surface area contributed by atoms with Gasteiger partial charge in [-0.3, -0.25) is 4.79 Å². The minimum atomic E-state index is -0.612. The van der Waals surface area contributed by atoms with Crippen LogP contribution < -0.4 is 14.9 Å². The molecule has 0 fully saturated rings. The second kappa shape index (κ2) is 9.91. The summed E-state index contributed by atoms with van der Waals surface area (Å²) in [5.41, 5.74) is 3.70. The van der Waals surface area contributed by atoms with Crippen LogP contribution in [-0.4, -0.2) is 25.2 Å². The molecule has 3 rings (SSSR count). The van der Waals surface area contributed by atoms with Crippen molar-refractivity contribution < 1.29 is 19.1 Å². The highest BCUT2D eigenvalue weighted by Crippen LogP contribution is 2.23. The zero-order chi connectivity index (χ0) is 21.5. The molecule has 8 heteroatoms. The molecule has 3 aromatic rings. The van der Waals surface area contributed by atoms with E-state index >= 15 is 0 Å². The standard InChI is InChI=1S/C22H16Cl2N2O4/c1-29-17-8-5-15(6-9-17)21(27)26-25-13-14-3-2-4-18(11-14)30-22(28)19-10-7-16(23)12-20(19)24/h2-13H,1H3,(H,26,27)/b25-13-. The Bertz CT molecular complexity index is 1100. The second-order valence-corrected chi connectivity index (χ2v) is 6.86. The van der Waals surface area contributed by atoms with E-state index in [1.54, 1.807) is 61.7 Å². The number of nitrogens with zero attached hydrogens (tertiary/aromatic N) is 1. The number of hydrogen-bond acceptors (Lipinski definition) is 5. The predicted molar refractivity (Wildman–Crippen MR) is 116 cm³/mol. The molecule has 0 saturated carbocycles. The van der Waals surface area contributed by atoms with Gasteiger partial charge in [0, 0.05) is 10.6 Å². The van der Waals surface area contributed by atoms with E-state index in [0.717, 1.165) is 0 Å². The van der Waals surface area contributed by atoms with E-state index in [0.29, 0.717) is 27.6 Å². The summed E-state index contributed by atoms with van der Waals surface area (Å²) in [7, 11) is 1.55. The lowest BCUT2D eigenvalue weighted by Gasteiger charge is -2.07. The van der Waals surface area contributed by atoms with Crippen LogP contribution in [-0.2, 0) is 0 Å². The summed E-state index contributed by atoms with van der Waals surface area (Å²) in [6.07, 6.45) is 1.44. The molecule has 0 aliphatic carbocycles. The molecule has 1 N–H and O–H groups in total. The van der Waals surface area contributed by atoms with Gasteiger partial charge in [0.25, 0.3) is 5.91 Å². The van der Waals surface area contributed by atoms with E-state index in [4.69, 9.17) is 32.7 Å². The molecular formula is C22H16Cl2N2O4. The molecule has 6 nitrogen and oxygen atoms in total. The Morgan fingerprint density at radius 2 is 1.73 bits per heavy atom. The number of carbonyl (C=O) groups excluding carboxylic acids is 2. The van der Waals surface area contributed by atoms with Crippen molar-refractivity contribution >= 4 is 41.3 Å². The molecule has 0 heterocycles. The topological polar surface area (TPSA) is 77.0 Å². The zero-order valence-corrected chi connectivity index (χ0v) is 17.3. The van der Waals surface area contributed by atoms with Gasteiger partial charge in [0.05, 0.1) is 23.9 Å². The monoisotopic (exact) mass is 442 g/mol. The third kappa shape index (κ3) is 5.59. The summed E-state index contributed by atoms with van der Waals surface area (Å²) >= 11 is 11.9. The summed E-state index contributed by atoms with van der Waals surface area (Å²) < 4.78 is 10.4. The molecule has 0 aliphatic rings. The van der Waals surface area contributed by atoms with Gasteiger partial charge in [0.15, 0.2) is 0 Å². The number of nitrogens with one attached hydrogen (secondary N) is 1. The summed E-state index contributed by atoms with van der Waals surface area (Å²) in [5.74, 6) is -0.0230. The summed E-state index contributed by atoms with van der Waals surface area (Å²) in [6.45, 7) is 0. The summed E-state index contributed by atoms with van der Waals surface area (Å²) in [6, 6.07) is 17.8. The van der Waals surface area contributed by atoms with Crippen molar-refractivity contribution in [3.05, 3.63) is 93.5 Å². The number of halogens is 2. The van der Waals surface area contributed by atoms with Crippen LogP contribution in [0.1, 0.15) is 26.3 Å². The van der Waals surface area contributed by atoms with Crippen molar-refractivity contribution in [3.63, 3.8) is 0 Å². The summed E-state index contributed by atoms with van der Waals surface area (Å²) in [5, 5.41) is 4.55. The number of rotatable bonds is 6. The lowest BCUT2D eigenvalue weighted by Crippen LogP contribution is -2.17. The predicted octanol–water partition coefficient (Wildman–Crippen LogP) is 4.99. The van der Waals surface area contributed by atoms with Crippen LogP contribution in [0.3, 0.4) is 0 Å². The number of amides is 1. The van der Waals surface area contributed by atoms with Gasteiger partial charge in [-0.1, -0.05) is 35.3 Å². The normalized spacial score (nSPS) is 10.6. The SMILES string of the molecule is COc1ccc(C(=O)N/N=C\c2cccc(OC(=O)c3ccc(Cl)cc3Cl)c2)cc1. The molecule has 0 atom stereocenters. The first-order valence-electron chi connectivity index (χ1n) is 8.71. The Morgan fingerprint density at radius 3 is 2.43 bits per heavy atom. The second-order valence-electron chi connectivity index (χ2n) is 6.01. The molecule has 30 heavy (non-hydrogen) atoms. The third-order valence-corrected chi connectivity index (χ3v) is 4.50. The van der Waals surface area contributed by atoms with E-state index in [-0.39, 0.29) is 16.5 Å². The van der Waals surface area contributed by atoms with Gasteiger partial charge in [0.2, 0.25) is 0 Å². The van der Waals surface area contributed by atoms with Gasteiger partial charge >= 0.3 is 5.97 Å². The van der Waals surface area contributed by atoms with Gasteiger partial charge in [-0.2, -0.15) is 5.10 Å². The minimum absolute atomic E-state index is 0.200. The van der Waals surface area contributed by atoms with Gasteiger partial charge in [-0.25, -0.2) is 10.2 Å². The van der Waals surface area contributed by atoms with Crippen molar-refractivity contribution in [2.75, 3.05) is 7.11 Å². The zero-order valence-electron chi connectivity index (χ0n) is 15.8. The van der Waals surface area contributed by atoms with Crippen LogP contribution in [0.5, 0.6) is 11.5 Å². The van der Waals surface area contributed by atoms with E-state index in [2.05, 4.69) is 10.5 Å². The first-order valence-corrected chi connectivity index (χ1v) is 9.46. The maximum absolute atomic E-state index is 12.3. The summed E-state index contributed by atoms with van der Waals surface area (Å²) in [4.78, 5) is 24.4. The Kier molecular flexibility index (Phi) is 7.06. The van der Waals surface area contributed by atoms with Crippen LogP contribution in [0.25, 0.3) is 0 Å². The molecule has 0 radical (unpaired) electrons. The number of ether oxygens (including phenoxy) is 2. The Balaban J connectivity index is 1.63. The number of esters is 1. The minimum Gasteiger partial charge on any atom is -0.497 e. The fraction of sp³-hybridized carbons (Fsp3) is 0.0455. The molecule has 1 amide bonds. The number of hydrazone groups is 1. The van der Waals surface area contributed by atoms with Crippen LogP contribution in [0.15, 0.2) is 71.8 Å². The van der Waals surface area contributed by atoms with Crippen LogP contribution in [0, 0.1) is 0 Å². The maximum atomic E-state index is 12.3. The molecule has 0 aromatic heterocycles. The van der Waals surface area contributed by atoms with Gasteiger partial charge in [-0.15, -0.1) is 0 Å². The van der Waals surface area contributed by atoms with Crippen LogP contribution in [0.4, 0.5) is 0 Å². The molecule has 0 spiro atoms. The van der Waals surface area contributed by atoms with E-state index in [1.165, 1.54) is 18.3 Å². The van der Waals surface area contributed by atoms with E-state index < -0.39 is 5.97 Å². The Morgan fingerprint density at radius 1 is 0.967 bits per heavy atom. The first-order chi connectivity index (χ1) is 14.5. The molecule has 0 bridgehead atoms. The van der Waals surface area contributed by atoms with Crippen molar-refractivity contribution in [3.8, 4) is 11.5 Å². The van der Waals surface area contributed by atoms with Gasteiger partial charge in [0.1, 0.15) is 11.5 Å².